The zero-order valence-electron chi connectivity index (χ0n) is 15.5. The van der Waals surface area contributed by atoms with Gasteiger partial charge < -0.3 is 19.6 Å². The molecule has 5 rings (SSSR count). The fourth-order valence-corrected chi connectivity index (χ4v) is 4.83. The van der Waals surface area contributed by atoms with Gasteiger partial charge in [0.15, 0.2) is 5.72 Å². The number of aliphatic hydroxyl groups excluding tert-OH is 1. The fourth-order valence-electron chi connectivity index (χ4n) is 4.83. The predicted molar refractivity (Wildman–Crippen MR) is 101 cm³/mol. The molecule has 1 N–H and O–H groups in total. The van der Waals surface area contributed by atoms with Gasteiger partial charge in [-0.2, -0.15) is 0 Å². The number of nitrogens with zero attached hydrogens (tertiary/aromatic N) is 2. The van der Waals surface area contributed by atoms with Crippen LogP contribution in [0.3, 0.4) is 0 Å². The Balaban J connectivity index is 1.42. The van der Waals surface area contributed by atoms with Crippen LogP contribution in [0, 0.1) is 0 Å². The molecule has 0 aliphatic carbocycles. The minimum Gasteiger partial charge on any atom is -0.392 e. The van der Waals surface area contributed by atoms with Gasteiger partial charge in [-0.25, -0.2) is 0 Å². The average Bonchev–Trinajstić information content (AvgIpc) is 3.37. The zero-order chi connectivity index (χ0) is 19.3. The van der Waals surface area contributed by atoms with Crippen molar-refractivity contribution in [3.05, 3.63) is 71.3 Å². The molecule has 144 valence electrons. The highest BCUT2D eigenvalue weighted by atomic mass is 16.5. The van der Waals surface area contributed by atoms with Crippen LogP contribution < -0.4 is 0 Å². The summed E-state index contributed by atoms with van der Waals surface area (Å²) in [6.45, 7) is 1.05. The molecule has 0 aromatic heterocycles. The van der Waals surface area contributed by atoms with Gasteiger partial charge in [0.2, 0.25) is 5.91 Å². The Labute approximate surface area is 163 Å². The number of hydrogen-bond donors (Lipinski definition) is 1. The first-order chi connectivity index (χ1) is 13.6. The molecule has 3 aliphatic rings. The van der Waals surface area contributed by atoms with E-state index in [0.29, 0.717) is 31.5 Å². The summed E-state index contributed by atoms with van der Waals surface area (Å²) in [5.74, 6) is -0.0377. The maximum Gasteiger partial charge on any atom is 0.254 e. The number of rotatable bonds is 3. The molecule has 6 heteroatoms. The van der Waals surface area contributed by atoms with Crippen molar-refractivity contribution in [1.29, 1.82) is 0 Å². The van der Waals surface area contributed by atoms with Gasteiger partial charge in [0.25, 0.3) is 5.91 Å². The van der Waals surface area contributed by atoms with Crippen molar-refractivity contribution in [2.45, 2.75) is 37.3 Å². The Morgan fingerprint density at radius 1 is 1.14 bits per heavy atom. The van der Waals surface area contributed by atoms with Gasteiger partial charge in [-0.1, -0.05) is 42.5 Å². The van der Waals surface area contributed by atoms with Crippen LogP contribution in [-0.4, -0.2) is 51.6 Å². The molecule has 2 amide bonds. The molecule has 3 heterocycles. The van der Waals surface area contributed by atoms with E-state index in [4.69, 9.17) is 4.74 Å². The first-order valence-electron chi connectivity index (χ1n) is 9.66. The highest BCUT2D eigenvalue weighted by Crippen LogP contribution is 2.50. The Kier molecular flexibility index (Phi) is 4.00. The summed E-state index contributed by atoms with van der Waals surface area (Å²) in [6.07, 6.45) is 0.779. The van der Waals surface area contributed by atoms with Crippen molar-refractivity contribution in [2.24, 2.45) is 0 Å². The molecule has 0 bridgehead atoms. The lowest BCUT2D eigenvalue weighted by Crippen LogP contribution is -2.48. The number of aliphatic hydroxyl groups is 1. The summed E-state index contributed by atoms with van der Waals surface area (Å²) in [5, 5.41) is 9.20. The van der Waals surface area contributed by atoms with Crippen LogP contribution in [0.1, 0.15) is 40.4 Å². The molecule has 3 saturated heterocycles. The summed E-state index contributed by atoms with van der Waals surface area (Å²) in [7, 11) is 0. The van der Waals surface area contributed by atoms with E-state index < -0.39 is 5.72 Å². The first kappa shape index (κ1) is 17.4. The Bertz CT molecular complexity index is 914. The maximum absolute atomic E-state index is 13.1. The maximum atomic E-state index is 13.1. The highest BCUT2D eigenvalue weighted by Gasteiger charge is 2.64. The van der Waals surface area contributed by atoms with E-state index in [1.54, 1.807) is 29.2 Å². The third kappa shape index (κ3) is 2.48. The molecule has 2 aromatic carbocycles. The number of ether oxygens (including phenoxy) is 1. The summed E-state index contributed by atoms with van der Waals surface area (Å²) < 4.78 is 6.48. The SMILES string of the molecule is O=C(c1ccc(CO)cc1)N1CC[C@@]23O[C@@H](c4ccccc4)CN2C(=O)C[C@@H]13. The van der Waals surface area contributed by atoms with Crippen LogP contribution in [-0.2, 0) is 16.1 Å². The largest absolute Gasteiger partial charge is 0.392 e. The van der Waals surface area contributed by atoms with Crippen molar-refractivity contribution in [3.8, 4) is 0 Å². The predicted octanol–water partition coefficient (Wildman–Crippen LogP) is 2.09. The zero-order valence-corrected chi connectivity index (χ0v) is 15.5. The van der Waals surface area contributed by atoms with E-state index in [1.165, 1.54) is 0 Å². The van der Waals surface area contributed by atoms with E-state index >= 15 is 0 Å². The molecule has 3 fully saturated rings. The molecule has 3 atom stereocenters. The molecular weight excluding hydrogens is 356 g/mol. The molecule has 0 unspecified atom stereocenters. The monoisotopic (exact) mass is 378 g/mol. The third-order valence-corrected chi connectivity index (χ3v) is 6.24. The third-order valence-electron chi connectivity index (χ3n) is 6.24. The first-order valence-corrected chi connectivity index (χ1v) is 9.66. The summed E-state index contributed by atoms with van der Waals surface area (Å²) >= 11 is 0. The van der Waals surface area contributed by atoms with Crippen molar-refractivity contribution in [3.63, 3.8) is 0 Å². The molecule has 0 radical (unpaired) electrons. The van der Waals surface area contributed by atoms with Crippen molar-refractivity contribution < 1.29 is 19.4 Å². The number of likely N-dealkylation sites (tertiary alicyclic amines) is 1. The molecule has 28 heavy (non-hydrogen) atoms. The molecule has 6 nitrogen and oxygen atoms in total. The van der Waals surface area contributed by atoms with Crippen molar-refractivity contribution >= 4 is 11.8 Å². The van der Waals surface area contributed by atoms with E-state index in [0.717, 1.165) is 11.1 Å². The second-order valence-corrected chi connectivity index (χ2v) is 7.69. The van der Waals surface area contributed by atoms with Gasteiger partial charge in [-0.05, 0) is 23.3 Å². The van der Waals surface area contributed by atoms with Crippen LogP contribution in [0.2, 0.25) is 0 Å². The van der Waals surface area contributed by atoms with E-state index in [-0.39, 0.29) is 30.6 Å². The minimum atomic E-state index is -0.710. The molecule has 3 aliphatic heterocycles. The van der Waals surface area contributed by atoms with Gasteiger partial charge >= 0.3 is 0 Å². The quantitative estimate of drug-likeness (QED) is 0.888. The van der Waals surface area contributed by atoms with Crippen LogP contribution in [0.25, 0.3) is 0 Å². The number of carbonyl (C=O) groups is 2. The molecule has 0 saturated carbocycles. The van der Waals surface area contributed by atoms with Crippen LogP contribution >= 0.6 is 0 Å². The van der Waals surface area contributed by atoms with Crippen molar-refractivity contribution in [2.75, 3.05) is 13.1 Å². The molecule has 1 spiro atoms. The van der Waals surface area contributed by atoms with Gasteiger partial charge in [-0.15, -0.1) is 0 Å². The van der Waals surface area contributed by atoms with Gasteiger partial charge in [0.1, 0.15) is 6.10 Å². The Morgan fingerprint density at radius 2 is 1.89 bits per heavy atom. The number of hydrogen-bond acceptors (Lipinski definition) is 4. The van der Waals surface area contributed by atoms with Gasteiger partial charge in [0.05, 0.1) is 25.6 Å². The van der Waals surface area contributed by atoms with Crippen molar-refractivity contribution in [1.82, 2.24) is 9.80 Å². The Hall–Kier alpha value is -2.70. The highest BCUT2D eigenvalue weighted by molar-refractivity contribution is 5.96. The number of carbonyl (C=O) groups excluding carboxylic acids is 2. The average molecular weight is 378 g/mol. The lowest BCUT2D eigenvalue weighted by Gasteiger charge is -2.32. The van der Waals surface area contributed by atoms with Crippen LogP contribution in [0.4, 0.5) is 0 Å². The normalized spacial score (nSPS) is 28.5. The topological polar surface area (TPSA) is 70.1 Å². The van der Waals surface area contributed by atoms with Gasteiger partial charge in [0, 0.05) is 18.5 Å². The van der Waals surface area contributed by atoms with E-state index in [9.17, 15) is 14.7 Å². The Morgan fingerprint density at radius 3 is 2.61 bits per heavy atom. The second-order valence-electron chi connectivity index (χ2n) is 7.69. The summed E-state index contributed by atoms with van der Waals surface area (Å²) in [4.78, 5) is 29.5. The smallest absolute Gasteiger partial charge is 0.254 e. The second kappa shape index (κ2) is 6.43. The number of amides is 2. The van der Waals surface area contributed by atoms with Crippen LogP contribution in [0.15, 0.2) is 54.6 Å². The van der Waals surface area contributed by atoms with Crippen LogP contribution in [0.5, 0.6) is 0 Å². The summed E-state index contributed by atoms with van der Waals surface area (Å²) in [5.41, 5.74) is 1.68. The molecule has 2 aromatic rings. The van der Waals surface area contributed by atoms with Gasteiger partial charge in [-0.3, -0.25) is 9.59 Å². The van der Waals surface area contributed by atoms with E-state index in [1.807, 2.05) is 35.2 Å². The lowest BCUT2D eigenvalue weighted by atomic mass is 10.1. The minimum absolute atomic E-state index is 0.0524. The van der Waals surface area contributed by atoms with E-state index in [2.05, 4.69) is 0 Å². The lowest BCUT2D eigenvalue weighted by molar-refractivity contribution is -0.138. The summed E-state index contributed by atoms with van der Waals surface area (Å²) in [6, 6.07) is 16.6. The fraction of sp³-hybridized carbons (Fsp3) is 0.364. The number of benzene rings is 2. The molecular formula is C22H22N2O4. The standard InChI is InChI=1S/C22H22N2O4/c25-14-15-6-8-17(9-7-15)21(27)23-11-10-22-19(23)12-20(26)24(22)13-18(28-22)16-4-2-1-3-5-16/h1-9,18-19,25H,10-14H2/t18-,19-,22+/m1/s1.